The minimum absolute atomic E-state index is 0.0269. The Balaban J connectivity index is 1.31. The molecular formula is C50H66Cl3N7O16. The Labute approximate surface area is 455 Å². The van der Waals surface area contributed by atoms with Crippen molar-refractivity contribution in [2.45, 2.75) is 190 Å². The molecule has 6 rings (SSSR count). The lowest BCUT2D eigenvalue weighted by molar-refractivity contribution is -0.368. The average molecular weight is 1130 g/mol. The lowest BCUT2D eigenvalue weighted by Gasteiger charge is -2.51. The number of esters is 3. The van der Waals surface area contributed by atoms with Crippen molar-refractivity contribution in [2.75, 3.05) is 6.61 Å². The number of nitrogens with one attached hydrogen (secondary N) is 1. The maximum atomic E-state index is 13.1. The van der Waals surface area contributed by atoms with E-state index in [1.54, 1.807) is 13.8 Å². The summed E-state index contributed by atoms with van der Waals surface area (Å²) >= 11 is 17.8. The summed E-state index contributed by atoms with van der Waals surface area (Å²) in [5.41, 5.74) is 21.4. The molecule has 0 aromatic heterocycles. The minimum Gasteiger partial charge on any atom is -0.463 e. The van der Waals surface area contributed by atoms with E-state index < -0.39 is 150 Å². The highest BCUT2D eigenvalue weighted by molar-refractivity contribution is 6.76. The van der Waals surface area contributed by atoms with E-state index in [0.717, 1.165) is 11.1 Å². The SMILES string of the molecule is CC[C@@H]1O[C@H](O[C@@H]2C(C)O[C@@H](O[C@@H]3C(COC(C)=O)OC(OC(=N)C(Cl)(Cl)Cl)C(N=[N+]=[N-])[C@H]3C)C(OC(C)=O)[C@@H]2OCc2ccccc2)C(N=[N+]=[N-])C(C)[C@@H]1O[C@@H]1O[C@@H](C)[C@@H](C)C(OCc2ccccc2)C1OC(C)=O. The van der Waals surface area contributed by atoms with E-state index in [9.17, 15) is 25.4 Å². The van der Waals surface area contributed by atoms with Gasteiger partial charge in [0, 0.05) is 36.5 Å². The molecule has 0 aliphatic carbocycles. The molecule has 2 aromatic carbocycles. The molecule has 4 aliphatic rings. The zero-order valence-electron chi connectivity index (χ0n) is 43.5. The molecule has 76 heavy (non-hydrogen) atoms. The van der Waals surface area contributed by atoms with E-state index in [1.807, 2.05) is 88.4 Å². The van der Waals surface area contributed by atoms with Crippen LogP contribution >= 0.6 is 34.8 Å². The quantitative estimate of drug-likeness (QED) is 0.0189. The largest absolute Gasteiger partial charge is 0.463 e. The van der Waals surface area contributed by atoms with Gasteiger partial charge in [-0.25, -0.2) is 0 Å². The summed E-state index contributed by atoms with van der Waals surface area (Å²) in [5, 5.41) is 16.3. The number of hydrogen-bond donors (Lipinski definition) is 1. The van der Waals surface area contributed by atoms with Crippen LogP contribution in [0.2, 0.25) is 0 Å². The summed E-state index contributed by atoms with van der Waals surface area (Å²) in [4.78, 5) is 44.1. The van der Waals surface area contributed by atoms with Crippen LogP contribution < -0.4 is 0 Å². The fraction of sp³-hybridized carbons (Fsp3) is 0.680. The van der Waals surface area contributed by atoms with E-state index in [4.69, 9.17) is 102 Å². The second-order valence-corrected chi connectivity index (χ2v) is 21.4. The first-order valence-electron chi connectivity index (χ1n) is 24.9. The van der Waals surface area contributed by atoms with Crippen molar-refractivity contribution in [1.29, 1.82) is 5.41 Å². The smallest absolute Gasteiger partial charge is 0.303 e. The van der Waals surface area contributed by atoms with Gasteiger partial charge in [0.1, 0.15) is 37.1 Å². The lowest BCUT2D eigenvalue weighted by Crippen LogP contribution is -2.65. The molecule has 4 fully saturated rings. The maximum absolute atomic E-state index is 13.1. The predicted molar refractivity (Wildman–Crippen MR) is 271 cm³/mol. The Bertz CT molecular complexity index is 2350. The first-order chi connectivity index (χ1) is 36.1. The molecule has 4 heterocycles. The molecule has 418 valence electrons. The van der Waals surface area contributed by atoms with Crippen LogP contribution in [0, 0.1) is 23.2 Å². The minimum atomic E-state index is -2.32. The topological polar surface area (TPSA) is 293 Å². The summed E-state index contributed by atoms with van der Waals surface area (Å²) in [6, 6.07) is 16.4. The number of benzene rings is 2. The molecule has 9 unspecified atom stereocenters. The average Bonchev–Trinajstić information content (AvgIpc) is 3.39. The first-order valence-corrected chi connectivity index (χ1v) is 26.1. The van der Waals surface area contributed by atoms with Crippen LogP contribution in [0.1, 0.15) is 79.9 Å². The van der Waals surface area contributed by atoms with Gasteiger partial charge < -0.3 is 61.6 Å². The van der Waals surface area contributed by atoms with Crippen molar-refractivity contribution >= 4 is 58.6 Å². The van der Waals surface area contributed by atoms with Crippen molar-refractivity contribution in [1.82, 2.24) is 0 Å². The zero-order chi connectivity index (χ0) is 55.4. The number of halogens is 3. The van der Waals surface area contributed by atoms with Gasteiger partial charge in [-0.2, -0.15) is 0 Å². The molecule has 2 aromatic rings. The predicted octanol–water partition coefficient (Wildman–Crippen LogP) is 8.72. The molecule has 20 atom stereocenters. The van der Waals surface area contributed by atoms with Gasteiger partial charge in [0.25, 0.3) is 3.79 Å². The number of rotatable bonds is 20. The number of carbonyl (C=O) groups is 3. The summed E-state index contributed by atoms with van der Waals surface area (Å²) < 4.78 is 79.9. The van der Waals surface area contributed by atoms with Crippen LogP contribution in [-0.2, 0) is 89.2 Å². The third-order valence-electron chi connectivity index (χ3n) is 13.7. The third kappa shape index (κ3) is 15.6. The second-order valence-electron chi connectivity index (χ2n) is 19.1. The highest BCUT2D eigenvalue weighted by Gasteiger charge is 2.56. The Morgan fingerprint density at radius 1 is 0.579 bits per heavy atom. The monoisotopic (exact) mass is 1130 g/mol. The molecule has 23 nitrogen and oxygen atoms in total. The number of azide groups is 2. The van der Waals surface area contributed by atoms with Crippen LogP contribution in [0.25, 0.3) is 20.9 Å². The molecule has 26 heteroatoms. The Hall–Kier alpha value is -4.55. The Morgan fingerprint density at radius 3 is 1.53 bits per heavy atom. The fourth-order valence-electron chi connectivity index (χ4n) is 9.72. The zero-order valence-corrected chi connectivity index (χ0v) is 45.8. The summed E-state index contributed by atoms with van der Waals surface area (Å²) in [6.07, 6.45) is -15.8. The van der Waals surface area contributed by atoms with Crippen molar-refractivity contribution in [2.24, 2.45) is 28.0 Å². The molecule has 0 amide bonds. The number of nitrogens with zero attached hydrogens (tertiary/aromatic N) is 6. The molecule has 0 spiro atoms. The molecule has 0 radical (unpaired) electrons. The van der Waals surface area contributed by atoms with Gasteiger partial charge >= 0.3 is 17.9 Å². The molecule has 0 bridgehead atoms. The highest BCUT2D eigenvalue weighted by atomic mass is 35.6. The maximum Gasteiger partial charge on any atom is 0.303 e. The number of carbonyl (C=O) groups excluding carboxylic acids is 3. The number of ether oxygens (including phenoxy) is 13. The lowest BCUT2D eigenvalue weighted by atomic mass is 9.87. The molecule has 4 saturated heterocycles. The van der Waals surface area contributed by atoms with E-state index >= 15 is 0 Å². The Kier molecular flexibility index (Phi) is 22.2. The van der Waals surface area contributed by atoms with E-state index in [2.05, 4.69) is 20.1 Å². The van der Waals surface area contributed by atoms with Gasteiger partial charge in [-0.1, -0.05) is 133 Å². The van der Waals surface area contributed by atoms with Crippen LogP contribution in [0.15, 0.2) is 70.9 Å². The van der Waals surface area contributed by atoms with Crippen molar-refractivity contribution < 1.29 is 76.0 Å². The van der Waals surface area contributed by atoms with Gasteiger partial charge in [-0.3, -0.25) is 19.8 Å². The third-order valence-corrected chi connectivity index (χ3v) is 14.2. The van der Waals surface area contributed by atoms with Gasteiger partial charge in [-0.15, -0.1) is 0 Å². The van der Waals surface area contributed by atoms with Crippen LogP contribution in [-0.4, -0.2) is 139 Å². The van der Waals surface area contributed by atoms with Gasteiger partial charge in [0.15, 0.2) is 31.1 Å². The molecule has 0 saturated carbocycles. The van der Waals surface area contributed by atoms with Gasteiger partial charge in [0.2, 0.25) is 12.2 Å². The fourth-order valence-corrected chi connectivity index (χ4v) is 9.85. The van der Waals surface area contributed by atoms with E-state index in [1.165, 1.54) is 20.8 Å². The summed E-state index contributed by atoms with van der Waals surface area (Å²) in [7, 11) is 0. The van der Waals surface area contributed by atoms with Crippen LogP contribution in [0.3, 0.4) is 0 Å². The first kappa shape index (κ1) is 60.7. The van der Waals surface area contributed by atoms with Crippen LogP contribution in [0.4, 0.5) is 0 Å². The molecule has 1 N–H and O–H groups in total. The molecule has 4 aliphatic heterocycles. The summed E-state index contributed by atoms with van der Waals surface area (Å²) in [5.74, 6) is -4.58. The van der Waals surface area contributed by atoms with E-state index in [-0.39, 0.29) is 19.1 Å². The standard InChI is InChI=1S/C50H66Cl3N7O16/c1-10-34-38(73-47-43(69-30(8)62)40(24(2)27(5)67-47)65-21-32-17-13-11-14-18-32)25(3)36(57-59-55)45(71-34)75-41-28(6)68-48(44(70-31(9)63)42(41)66-22-33-19-15-12-16-20-33)74-39-26(4)37(58-60-56)46(76-49(54)50(51,52)53)72-35(39)23-64-29(7)61/h11-20,24-28,34-48,54H,10,21-23H2,1-9H3/t24-,25?,26-,27+,28?,34+,35?,36?,37?,38+,39+,40?,41-,42-,43?,44?,45-,46?,47+,48+/m1/s1. The van der Waals surface area contributed by atoms with Gasteiger partial charge in [-0.05, 0) is 54.3 Å². The van der Waals surface area contributed by atoms with E-state index in [0.29, 0.717) is 6.42 Å². The number of hydrogen-bond acceptors (Lipinski definition) is 19. The second kappa shape index (κ2) is 27.9. The molecular weight excluding hydrogens is 1060 g/mol. The highest BCUT2D eigenvalue weighted by Crippen LogP contribution is 2.42. The normalized spacial score (nSPS) is 35.6. The Morgan fingerprint density at radius 2 is 1.04 bits per heavy atom. The van der Waals surface area contributed by atoms with Crippen molar-refractivity contribution in [3.63, 3.8) is 0 Å². The van der Waals surface area contributed by atoms with Gasteiger partial charge in [0.05, 0.1) is 49.8 Å². The van der Waals surface area contributed by atoms with Crippen molar-refractivity contribution in [3.8, 4) is 0 Å². The van der Waals surface area contributed by atoms with Crippen molar-refractivity contribution in [3.05, 3.63) is 92.7 Å². The summed E-state index contributed by atoms with van der Waals surface area (Å²) in [6.45, 7) is 14.3. The number of alkyl halides is 3. The van der Waals surface area contributed by atoms with Crippen LogP contribution in [0.5, 0.6) is 0 Å².